The summed E-state index contributed by atoms with van der Waals surface area (Å²) in [5.74, 6) is -2.62. The highest BCUT2D eigenvalue weighted by Gasteiger charge is 2.32. The Morgan fingerprint density at radius 3 is 2.65 bits per heavy atom. The van der Waals surface area contributed by atoms with E-state index in [0.29, 0.717) is 43.3 Å². The summed E-state index contributed by atoms with van der Waals surface area (Å²) in [7, 11) is 0. The summed E-state index contributed by atoms with van der Waals surface area (Å²) in [5, 5.41) is 14.8. The van der Waals surface area contributed by atoms with Gasteiger partial charge in [0.25, 0.3) is 0 Å². The van der Waals surface area contributed by atoms with Crippen LogP contribution in [0.1, 0.15) is 35.7 Å². The molecule has 0 saturated heterocycles. The molecule has 8 nitrogen and oxygen atoms in total. The minimum atomic E-state index is -4.94. The number of benzene rings is 2. The number of nitrogens with zero attached hydrogens (tertiary/aromatic N) is 2. The molecule has 212 valence electrons. The van der Waals surface area contributed by atoms with Crippen molar-refractivity contribution in [1.29, 1.82) is 0 Å². The fraction of sp³-hybridized carbons (Fsp3) is 0.321. The van der Waals surface area contributed by atoms with Crippen molar-refractivity contribution < 1.29 is 41.7 Å². The first-order valence-electron chi connectivity index (χ1n) is 12.5. The molecular formula is C28H27F4N3O5. The average Bonchev–Trinajstić information content (AvgIpc) is 2.90. The molecule has 0 bridgehead atoms. The van der Waals surface area contributed by atoms with Gasteiger partial charge in [0.1, 0.15) is 6.10 Å². The van der Waals surface area contributed by atoms with Crippen LogP contribution >= 0.6 is 0 Å². The molecule has 1 atom stereocenters. The Hall–Kier alpha value is -4.03. The fourth-order valence-electron chi connectivity index (χ4n) is 4.06. The number of carboxylic acids is 1. The molecule has 0 aliphatic heterocycles. The van der Waals surface area contributed by atoms with Crippen LogP contribution in [0.15, 0.2) is 54.9 Å². The first-order chi connectivity index (χ1) is 19.1. The van der Waals surface area contributed by atoms with Crippen LogP contribution in [0.25, 0.3) is 21.7 Å². The zero-order valence-corrected chi connectivity index (χ0v) is 21.5. The number of aromatic carboxylic acids is 1. The predicted molar refractivity (Wildman–Crippen MR) is 139 cm³/mol. The molecular weight excluding hydrogens is 534 g/mol. The van der Waals surface area contributed by atoms with Crippen molar-refractivity contribution in [2.75, 3.05) is 19.8 Å². The number of hydrogen-bond acceptors (Lipinski definition) is 7. The molecule has 0 aliphatic rings. The maximum absolute atomic E-state index is 13.8. The fourth-order valence-corrected chi connectivity index (χ4v) is 4.06. The zero-order valence-electron chi connectivity index (χ0n) is 21.5. The van der Waals surface area contributed by atoms with Gasteiger partial charge in [-0.1, -0.05) is 12.1 Å². The van der Waals surface area contributed by atoms with Gasteiger partial charge in [-0.15, -0.1) is 13.2 Å². The van der Waals surface area contributed by atoms with E-state index < -0.39 is 23.9 Å². The molecule has 0 fully saturated rings. The lowest BCUT2D eigenvalue weighted by atomic mass is 10.1. The molecule has 2 N–H and O–H groups in total. The largest absolute Gasteiger partial charge is 0.573 e. The summed E-state index contributed by atoms with van der Waals surface area (Å²) in [6.07, 6.45) is -0.440. The lowest BCUT2D eigenvalue weighted by Gasteiger charge is -2.17. The third-order valence-corrected chi connectivity index (χ3v) is 5.92. The smallest absolute Gasteiger partial charge is 0.478 e. The van der Waals surface area contributed by atoms with Gasteiger partial charge < -0.3 is 24.6 Å². The second-order valence-electron chi connectivity index (χ2n) is 9.08. The summed E-state index contributed by atoms with van der Waals surface area (Å²) < 4.78 is 65.9. The van der Waals surface area contributed by atoms with Crippen LogP contribution in [0.5, 0.6) is 11.6 Å². The van der Waals surface area contributed by atoms with Gasteiger partial charge in [-0.3, -0.25) is 4.98 Å². The van der Waals surface area contributed by atoms with Gasteiger partial charge in [-0.05, 0) is 62.2 Å². The van der Waals surface area contributed by atoms with E-state index in [1.54, 1.807) is 24.5 Å². The van der Waals surface area contributed by atoms with Crippen LogP contribution in [-0.2, 0) is 11.3 Å². The number of ether oxygens (including phenoxy) is 3. The number of rotatable bonds is 13. The van der Waals surface area contributed by atoms with E-state index in [2.05, 4.69) is 20.0 Å². The molecule has 0 unspecified atom stereocenters. The normalized spacial score (nSPS) is 12.5. The molecule has 0 aliphatic carbocycles. The van der Waals surface area contributed by atoms with Crippen LogP contribution < -0.4 is 14.8 Å². The van der Waals surface area contributed by atoms with Crippen molar-refractivity contribution in [3.05, 3.63) is 71.8 Å². The van der Waals surface area contributed by atoms with Crippen LogP contribution in [0.3, 0.4) is 0 Å². The molecule has 0 amide bonds. The summed E-state index contributed by atoms with van der Waals surface area (Å²) in [4.78, 5) is 20.1. The van der Waals surface area contributed by atoms with Gasteiger partial charge in [0.05, 0.1) is 17.7 Å². The molecule has 2 heterocycles. The van der Waals surface area contributed by atoms with Crippen LogP contribution in [0.2, 0.25) is 0 Å². The Morgan fingerprint density at radius 2 is 1.90 bits per heavy atom. The molecule has 12 heteroatoms. The maximum atomic E-state index is 13.8. The highest BCUT2D eigenvalue weighted by Crippen LogP contribution is 2.31. The Morgan fingerprint density at radius 1 is 1.07 bits per heavy atom. The Bertz CT molecular complexity index is 1480. The first-order valence-corrected chi connectivity index (χ1v) is 12.5. The minimum Gasteiger partial charge on any atom is -0.478 e. The van der Waals surface area contributed by atoms with Gasteiger partial charge in [0.2, 0.25) is 5.88 Å². The topological polar surface area (TPSA) is 103 Å². The first kappa shape index (κ1) is 29.0. The standard InChI is InChI=1S/C28H27F4N3O5/c1-17(16-38-11-3-2-9-33-14-18-4-7-25(23(29)12-18)40-28(30,31)32)39-26-21-8-10-34-15-22(21)20-6-5-19(27(36)37)13-24(20)35-26/h4-8,10,12-13,15,17,33H,2-3,9,11,14,16H2,1H3,(H,36,37)/t17-/m1/s1. The number of hydrogen-bond donors (Lipinski definition) is 2. The minimum absolute atomic E-state index is 0.126. The number of carbonyl (C=O) groups is 1. The van der Waals surface area contributed by atoms with Crippen LogP contribution in [0.4, 0.5) is 17.6 Å². The third-order valence-electron chi connectivity index (χ3n) is 5.92. The van der Waals surface area contributed by atoms with Crippen molar-refractivity contribution in [1.82, 2.24) is 15.3 Å². The SMILES string of the molecule is C[C@H](COCCCCNCc1ccc(OC(F)(F)F)c(F)c1)Oc1nc2cc(C(=O)O)ccc2c2cnccc12. The lowest BCUT2D eigenvalue weighted by Crippen LogP contribution is -2.21. The van der Waals surface area contributed by atoms with Gasteiger partial charge >= 0.3 is 12.3 Å². The molecule has 2 aromatic heterocycles. The third kappa shape index (κ3) is 7.76. The average molecular weight is 562 g/mol. The van der Waals surface area contributed by atoms with E-state index in [1.165, 1.54) is 18.2 Å². The summed E-state index contributed by atoms with van der Waals surface area (Å²) in [6.45, 7) is 3.53. The number of carboxylic acid groups (broad SMARTS) is 1. The molecule has 0 spiro atoms. The summed E-state index contributed by atoms with van der Waals surface area (Å²) in [6, 6.07) is 9.87. The zero-order chi connectivity index (χ0) is 28.7. The highest BCUT2D eigenvalue weighted by molar-refractivity contribution is 6.08. The van der Waals surface area contributed by atoms with E-state index in [-0.39, 0.29) is 11.7 Å². The molecule has 0 radical (unpaired) electrons. The van der Waals surface area contributed by atoms with Crippen molar-refractivity contribution >= 4 is 27.6 Å². The van der Waals surface area contributed by atoms with Gasteiger partial charge in [0.15, 0.2) is 11.6 Å². The number of alkyl halides is 3. The monoisotopic (exact) mass is 561 g/mol. The summed E-state index contributed by atoms with van der Waals surface area (Å²) in [5.41, 5.74) is 1.11. The van der Waals surface area contributed by atoms with E-state index in [4.69, 9.17) is 9.47 Å². The van der Waals surface area contributed by atoms with E-state index in [1.807, 2.05) is 6.92 Å². The van der Waals surface area contributed by atoms with E-state index in [0.717, 1.165) is 41.1 Å². The highest BCUT2D eigenvalue weighted by atomic mass is 19.4. The van der Waals surface area contributed by atoms with Crippen LogP contribution in [0, 0.1) is 5.82 Å². The number of nitrogens with one attached hydrogen (secondary N) is 1. The number of aromatic nitrogens is 2. The Labute approximate surface area is 226 Å². The van der Waals surface area contributed by atoms with Crippen molar-refractivity contribution in [3.63, 3.8) is 0 Å². The summed E-state index contributed by atoms with van der Waals surface area (Å²) >= 11 is 0. The Kier molecular flexibility index (Phi) is 9.33. The maximum Gasteiger partial charge on any atom is 0.573 e. The number of fused-ring (bicyclic) bond motifs is 3. The predicted octanol–water partition coefficient (Wildman–Crippen LogP) is 5.87. The van der Waals surface area contributed by atoms with Gasteiger partial charge in [-0.2, -0.15) is 0 Å². The second-order valence-corrected chi connectivity index (χ2v) is 9.08. The van der Waals surface area contributed by atoms with E-state index >= 15 is 0 Å². The molecule has 0 saturated carbocycles. The van der Waals surface area contributed by atoms with Gasteiger partial charge in [-0.25, -0.2) is 14.2 Å². The van der Waals surface area contributed by atoms with Crippen LogP contribution in [-0.4, -0.2) is 53.3 Å². The van der Waals surface area contributed by atoms with E-state index in [9.17, 15) is 27.5 Å². The number of halogens is 4. The van der Waals surface area contributed by atoms with Crippen molar-refractivity contribution in [2.45, 2.75) is 38.8 Å². The Balaban J connectivity index is 1.20. The molecule has 2 aromatic carbocycles. The van der Waals surface area contributed by atoms with Crippen molar-refractivity contribution in [3.8, 4) is 11.6 Å². The quantitative estimate of drug-likeness (QED) is 0.119. The van der Waals surface area contributed by atoms with Gasteiger partial charge in [0, 0.05) is 41.7 Å². The lowest BCUT2D eigenvalue weighted by molar-refractivity contribution is -0.275. The number of pyridine rings is 2. The second kappa shape index (κ2) is 12.9. The van der Waals surface area contributed by atoms with Crippen molar-refractivity contribution in [2.24, 2.45) is 0 Å². The molecule has 40 heavy (non-hydrogen) atoms. The molecule has 4 rings (SSSR count). The number of unbranched alkanes of at least 4 members (excludes halogenated alkanes) is 1. The molecule has 4 aromatic rings.